The second-order valence-electron chi connectivity index (χ2n) is 4.22. The van der Waals surface area contributed by atoms with Gasteiger partial charge in [-0.3, -0.25) is 4.79 Å². The topological polar surface area (TPSA) is 69.9 Å². The van der Waals surface area contributed by atoms with Crippen LogP contribution >= 0.6 is 11.9 Å². The standard InChI is InChI=1S/C15H12N4O2S/c1-21-11-5-2-3-6-12(11)22-19-13(20)7-10-18-15(19)14-16-8-4-9-17-14/h2-10H,1H3. The van der Waals surface area contributed by atoms with Crippen molar-refractivity contribution in [2.75, 3.05) is 7.11 Å². The molecule has 110 valence electrons. The monoisotopic (exact) mass is 312 g/mol. The second-order valence-corrected chi connectivity index (χ2v) is 5.20. The Morgan fingerprint density at radius 3 is 2.55 bits per heavy atom. The molecule has 3 aromatic rings. The zero-order chi connectivity index (χ0) is 15.4. The molecule has 0 unspecified atom stereocenters. The highest BCUT2D eigenvalue weighted by Gasteiger charge is 2.13. The van der Waals surface area contributed by atoms with Gasteiger partial charge >= 0.3 is 0 Å². The van der Waals surface area contributed by atoms with E-state index in [2.05, 4.69) is 15.0 Å². The summed E-state index contributed by atoms with van der Waals surface area (Å²) < 4.78 is 6.77. The zero-order valence-electron chi connectivity index (χ0n) is 11.7. The highest BCUT2D eigenvalue weighted by molar-refractivity contribution is 7.98. The minimum Gasteiger partial charge on any atom is -0.496 e. The van der Waals surface area contributed by atoms with Crippen LogP contribution in [0.4, 0.5) is 0 Å². The van der Waals surface area contributed by atoms with E-state index >= 15 is 0 Å². The second kappa shape index (κ2) is 6.40. The molecule has 0 radical (unpaired) electrons. The molecule has 0 bridgehead atoms. The number of aromatic nitrogens is 4. The average molecular weight is 312 g/mol. The van der Waals surface area contributed by atoms with E-state index in [1.807, 2.05) is 24.3 Å². The van der Waals surface area contributed by atoms with Crippen molar-refractivity contribution in [2.24, 2.45) is 0 Å². The first-order valence-corrected chi connectivity index (χ1v) is 7.24. The minimum atomic E-state index is -0.201. The molecule has 2 heterocycles. The van der Waals surface area contributed by atoms with E-state index in [-0.39, 0.29) is 5.56 Å². The van der Waals surface area contributed by atoms with E-state index < -0.39 is 0 Å². The normalized spacial score (nSPS) is 10.4. The Balaban J connectivity index is 2.09. The van der Waals surface area contributed by atoms with Gasteiger partial charge in [0.2, 0.25) is 0 Å². The maximum Gasteiger partial charge on any atom is 0.264 e. The molecule has 0 atom stereocenters. The predicted molar refractivity (Wildman–Crippen MR) is 83.8 cm³/mol. The Bertz CT molecular complexity index is 836. The first-order valence-electron chi connectivity index (χ1n) is 6.46. The van der Waals surface area contributed by atoms with Crippen LogP contribution in [0.3, 0.4) is 0 Å². The SMILES string of the molecule is COc1ccccc1Sn1c(-c2ncccn2)nccc1=O. The third kappa shape index (κ3) is 2.84. The van der Waals surface area contributed by atoms with Crippen molar-refractivity contribution in [3.05, 3.63) is 65.3 Å². The Hall–Kier alpha value is -2.67. The Morgan fingerprint density at radius 1 is 1.00 bits per heavy atom. The van der Waals surface area contributed by atoms with Gasteiger partial charge in [0, 0.05) is 36.6 Å². The molecular formula is C15H12N4O2S. The summed E-state index contributed by atoms with van der Waals surface area (Å²) in [6, 6.07) is 10.6. The summed E-state index contributed by atoms with van der Waals surface area (Å²) in [5.74, 6) is 1.47. The van der Waals surface area contributed by atoms with Crippen LogP contribution in [0.25, 0.3) is 11.6 Å². The van der Waals surface area contributed by atoms with Crippen molar-refractivity contribution in [2.45, 2.75) is 4.90 Å². The molecule has 0 fully saturated rings. The van der Waals surface area contributed by atoms with Gasteiger partial charge in [0.05, 0.1) is 12.0 Å². The maximum absolute atomic E-state index is 12.2. The fourth-order valence-corrected chi connectivity index (χ4v) is 2.78. The molecule has 0 aliphatic heterocycles. The fourth-order valence-electron chi connectivity index (χ4n) is 1.84. The predicted octanol–water partition coefficient (Wildman–Crippen LogP) is 2.26. The molecule has 0 saturated carbocycles. The van der Waals surface area contributed by atoms with Gasteiger partial charge in [0.15, 0.2) is 11.6 Å². The average Bonchev–Trinajstić information content (AvgIpc) is 2.58. The molecule has 0 saturated heterocycles. The van der Waals surface area contributed by atoms with Crippen molar-refractivity contribution >= 4 is 11.9 Å². The van der Waals surface area contributed by atoms with Crippen LogP contribution in [0, 0.1) is 0 Å². The van der Waals surface area contributed by atoms with Crippen molar-refractivity contribution in [3.63, 3.8) is 0 Å². The molecule has 2 aromatic heterocycles. The highest BCUT2D eigenvalue weighted by atomic mass is 32.2. The lowest BCUT2D eigenvalue weighted by Crippen LogP contribution is -2.17. The Morgan fingerprint density at radius 2 is 1.77 bits per heavy atom. The van der Waals surface area contributed by atoms with Crippen LogP contribution in [0.2, 0.25) is 0 Å². The molecular weight excluding hydrogens is 300 g/mol. The number of benzene rings is 1. The summed E-state index contributed by atoms with van der Waals surface area (Å²) in [7, 11) is 1.59. The van der Waals surface area contributed by atoms with Gasteiger partial charge in [-0.2, -0.15) is 0 Å². The van der Waals surface area contributed by atoms with Crippen LogP contribution in [0.5, 0.6) is 5.75 Å². The minimum absolute atomic E-state index is 0.201. The zero-order valence-corrected chi connectivity index (χ0v) is 12.5. The first kappa shape index (κ1) is 14.3. The number of methoxy groups -OCH3 is 1. The summed E-state index contributed by atoms with van der Waals surface area (Å²) >= 11 is 1.22. The number of hydrogen-bond acceptors (Lipinski definition) is 6. The third-order valence-corrected chi connectivity index (χ3v) is 3.90. The van der Waals surface area contributed by atoms with Gasteiger partial charge in [-0.1, -0.05) is 12.1 Å². The molecule has 6 nitrogen and oxygen atoms in total. The van der Waals surface area contributed by atoms with E-state index in [4.69, 9.17) is 4.74 Å². The quantitative estimate of drug-likeness (QED) is 0.736. The third-order valence-electron chi connectivity index (χ3n) is 2.83. The van der Waals surface area contributed by atoms with E-state index in [0.29, 0.717) is 17.4 Å². The van der Waals surface area contributed by atoms with Crippen molar-refractivity contribution < 1.29 is 4.74 Å². The van der Waals surface area contributed by atoms with E-state index in [1.165, 1.54) is 28.2 Å². The number of ether oxygens (including phenoxy) is 1. The summed E-state index contributed by atoms with van der Waals surface area (Å²) in [6.45, 7) is 0. The number of para-hydroxylation sites is 1. The lowest BCUT2D eigenvalue weighted by atomic mass is 10.3. The lowest BCUT2D eigenvalue weighted by Gasteiger charge is -2.11. The van der Waals surface area contributed by atoms with Gasteiger partial charge < -0.3 is 4.74 Å². The van der Waals surface area contributed by atoms with Gasteiger partial charge in [-0.15, -0.1) is 0 Å². The van der Waals surface area contributed by atoms with Crippen molar-refractivity contribution in [1.82, 2.24) is 18.9 Å². The lowest BCUT2D eigenvalue weighted by molar-refractivity contribution is 0.404. The van der Waals surface area contributed by atoms with Crippen LogP contribution in [0.15, 0.2) is 64.7 Å². The molecule has 0 aliphatic carbocycles. The van der Waals surface area contributed by atoms with Gasteiger partial charge in [0.1, 0.15) is 5.75 Å². The number of rotatable bonds is 4. The van der Waals surface area contributed by atoms with Crippen LogP contribution in [0.1, 0.15) is 0 Å². The largest absolute Gasteiger partial charge is 0.496 e. The summed E-state index contributed by atoms with van der Waals surface area (Å²) in [5.41, 5.74) is -0.201. The Labute approximate surface area is 131 Å². The smallest absolute Gasteiger partial charge is 0.264 e. The van der Waals surface area contributed by atoms with E-state index in [1.54, 1.807) is 25.6 Å². The molecule has 0 aliphatic rings. The van der Waals surface area contributed by atoms with Gasteiger partial charge in [0.25, 0.3) is 5.56 Å². The summed E-state index contributed by atoms with van der Waals surface area (Å²) in [5, 5.41) is 0. The van der Waals surface area contributed by atoms with E-state index in [0.717, 1.165) is 4.90 Å². The van der Waals surface area contributed by atoms with E-state index in [9.17, 15) is 4.79 Å². The fraction of sp³-hybridized carbons (Fsp3) is 0.0667. The number of nitrogens with zero attached hydrogens (tertiary/aromatic N) is 4. The molecule has 7 heteroatoms. The van der Waals surface area contributed by atoms with Crippen molar-refractivity contribution in [3.8, 4) is 17.4 Å². The Kier molecular flexibility index (Phi) is 4.15. The molecule has 0 spiro atoms. The van der Waals surface area contributed by atoms with Gasteiger partial charge in [-0.05, 0) is 18.2 Å². The molecule has 22 heavy (non-hydrogen) atoms. The van der Waals surface area contributed by atoms with Crippen LogP contribution in [-0.4, -0.2) is 26.0 Å². The molecule has 3 rings (SSSR count). The molecule has 1 aromatic carbocycles. The summed E-state index contributed by atoms with van der Waals surface area (Å²) in [6.07, 6.45) is 4.67. The molecule has 0 N–H and O–H groups in total. The van der Waals surface area contributed by atoms with Crippen molar-refractivity contribution in [1.29, 1.82) is 0 Å². The van der Waals surface area contributed by atoms with Crippen LogP contribution in [-0.2, 0) is 0 Å². The van der Waals surface area contributed by atoms with Gasteiger partial charge in [-0.25, -0.2) is 18.9 Å². The summed E-state index contributed by atoms with van der Waals surface area (Å²) in [4.78, 5) is 25.6. The first-order chi connectivity index (χ1) is 10.8. The molecule has 0 amide bonds. The highest BCUT2D eigenvalue weighted by Crippen LogP contribution is 2.30. The maximum atomic E-state index is 12.2. The van der Waals surface area contributed by atoms with Crippen LogP contribution < -0.4 is 10.3 Å². The number of hydrogen-bond donors (Lipinski definition) is 0.